The molecule has 1 N–H and O–H groups in total. The van der Waals surface area contributed by atoms with E-state index in [1.807, 2.05) is 13.8 Å². The number of anilines is 1. The van der Waals surface area contributed by atoms with Crippen molar-refractivity contribution in [1.82, 2.24) is 15.1 Å². The Kier molecular flexibility index (Phi) is 6.44. The summed E-state index contributed by atoms with van der Waals surface area (Å²) in [5.41, 5.74) is 0.304. The lowest BCUT2D eigenvalue weighted by molar-refractivity contribution is 0.0703. The summed E-state index contributed by atoms with van der Waals surface area (Å²) in [6.45, 7) is 7.13. The van der Waals surface area contributed by atoms with E-state index in [0.717, 1.165) is 13.0 Å². The van der Waals surface area contributed by atoms with Gasteiger partial charge in [0, 0.05) is 19.1 Å². The zero-order chi connectivity index (χ0) is 15.0. The van der Waals surface area contributed by atoms with Gasteiger partial charge in [0.2, 0.25) is 0 Å². The van der Waals surface area contributed by atoms with Gasteiger partial charge in [0.05, 0.1) is 12.5 Å². The summed E-state index contributed by atoms with van der Waals surface area (Å²) in [5, 5.41) is 19.7. The Morgan fingerprint density at radius 3 is 2.70 bits per heavy atom. The highest BCUT2D eigenvalue weighted by Gasteiger charge is 2.19. The van der Waals surface area contributed by atoms with Crippen LogP contribution in [0.1, 0.15) is 44.1 Å². The number of nitrogens with one attached hydrogen (secondary N) is 1. The first-order valence-corrected chi connectivity index (χ1v) is 6.85. The molecule has 0 unspecified atom stereocenters. The third kappa shape index (κ3) is 4.50. The van der Waals surface area contributed by atoms with E-state index in [0.29, 0.717) is 24.5 Å². The van der Waals surface area contributed by atoms with Crippen molar-refractivity contribution in [2.75, 3.05) is 18.4 Å². The molecule has 0 aliphatic carbocycles. The van der Waals surface area contributed by atoms with Gasteiger partial charge in [0.1, 0.15) is 5.82 Å². The van der Waals surface area contributed by atoms with Crippen molar-refractivity contribution >= 4 is 11.7 Å². The average molecular weight is 275 g/mol. The van der Waals surface area contributed by atoms with Crippen LogP contribution in [0.5, 0.6) is 0 Å². The van der Waals surface area contributed by atoms with Crippen molar-refractivity contribution in [3.8, 4) is 6.07 Å². The Morgan fingerprint density at radius 1 is 1.45 bits per heavy atom. The van der Waals surface area contributed by atoms with E-state index in [-0.39, 0.29) is 11.9 Å². The van der Waals surface area contributed by atoms with Crippen LogP contribution in [0.4, 0.5) is 5.82 Å². The van der Waals surface area contributed by atoms with Crippen LogP contribution >= 0.6 is 0 Å². The Morgan fingerprint density at radius 2 is 2.20 bits per heavy atom. The van der Waals surface area contributed by atoms with E-state index in [9.17, 15) is 4.79 Å². The van der Waals surface area contributed by atoms with Gasteiger partial charge in [-0.3, -0.25) is 4.79 Å². The normalized spacial score (nSPS) is 10.2. The maximum absolute atomic E-state index is 12.3. The minimum atomic E-state index is -0.190. The molecular formula is C14H21N5O. The largest absolute Gasteiger partial charge is 0.369 e. The van der Waals surface area contributed by atoms with Crippen LogP contribution in [0.25, 0.3) is 0 Å². The van der Waals surface area contributed by atoms with Crippen LogP contribution in [-0.4, -0.2) is 40.1 Å². The molecule has 20 heavy (non-hydrogen) atoms. The third-order valence-electron chi connectivity index (χ3n) is 2.79. The van der Waals surface area contributed by atoms with Gasteiger partial charge in [-0.05, 0) is 32.4 Å². The first kappa shape index (κ1) is 15.9. The van der Waals surface area contributed by atoms with Crippen molar-refractivity contribution in [2.45, 2.75) is 39.7 Å². The lowest BCUT2D eigenvalue weighted by atomic mass is 10.2. The standard InChI is InChI=1S/C14H21N5O/c1-4-9-16-13-7-6-12(17-18-13)14(20)19(11(2)3)10-5-8-15/h6-7,11H,4-5,9-10H2,1-3H3,(H,16,18). The number of amides is 1. The van der Waals surface area contributed by atoms with E-state index < -0.39 is 0 Å². The maximum Gasteiger partial charge on any atom is 0.274 e. The van der Waals surface area contributed by atoms with Gasteiger partial charge in [-0.2, -0.15) is 5.26 Å². The summed E-state index contributed by atoms with van der Waals surface area (Å²) in [6.07, 6.45) is 1.31. The van der Waals surface area contributed by atoms with Gasteiger partial charge in [-0.1, -0.05) is 6.92 Å². The number of carbonyl (C=O) groups excluding carboxylic acids is 1. The van der Waals surface area contributed by atoms with E-state index in [1.54, 1.807) is 17.0 Å². The summed E-state index contributed by atoms with van der Waals surface area (Å²) >= 11 is 0. The Balaban J connectivity index is 2.76. The monoisotopic (exact) mass is 275 g/mol. The lowest BCUT2D eigenvalue weighted by Gasteiger charge is -2.25. The predicted molar refractivity (Wildman–Crippen MR) is 77.2 cm³/mol. The highest BCUT2D eigenvalue weighted by Crippen LogP contribution is 2.08. The van der Waals surface area contributed by atoms with E-state index in [1.165, 1.54) is 0 Å². The molecule has 1 aromatic rings. The van der Waals surface area contributed by atoms with Crippen molar-refractivity contribution in [2.24, 2.45) is 0 Å². The number of nitriles is 1. The molecule has 0 aliphatic rings. The predicted octanol–water partition coefficient (Wildman–Crippen LogP) is 2.06. The number of rotatable bonds is 7. The first-order chi connectivity index (χ1) is 9.60. The molecule has 0 aliphatic heterocycles. The second kappa shape index (κ2) is 8.10. The molecule has 0 radical (unpaired) electrons. The molecule has 6 heteroatoms. The van der Waals surface area contributed by atoms with Crippen LogP contribution < -0.4 is 5.32 Å². The van der Waals surface area contributed by atoms with Crippen LogP contribution in [-0.2, 0) is 0 Å². The molecule has 1 aromatic heterocycles. The van der Waals surface area contributed by atoms with Crippen LogP contribution in [0, 0.1) is 11.3 Å². The zero-order valence-corrected chi connectivity index (χ0v) is 12.3. The molecule has 0 aromatic carbocycles. The zero-order valence-electron chi connectivity index (χ0n) is 12.3. The quantitative estimate of drug-likeness (QED) is 0.823. The third-order valence-corrected chi connectivity index (χ3v) is 2.79. The fraction of sp³-hybridized carbons (Fsp3) is 0.571. The summed E-state index contributed by atoms with van der Waals surface area (Å²) in [4.78, 5) is 13.9. The Hall–Kier alpha value is -2.16. The molecule has 0 spiro atoms. The van der Waals surface area contributed by atoms with Crippen LogP contribution in [0.15, 0.2) is 12.1 Å². The lowest BCUT2D eigenvalue weighted by Crippen LogP contribution is -2.38. The first-order valence-electron chi connectivity index (χ1n) is 6.85. The highest BCUT2D eigenvalue weighted by atomic mass is 16.2. The van der Waals surface area contributed by atoms with Gasteiger partial charge in [-0.25, -0.2) is 0 Å². The highest BCUT2D eigenvalue weighted by molar-refractivity contribution is 5.92. The second-order valence-corrected chi connectivity index (χ2v) is 4.73. The van der Waals surface area contributed by atoms with Gasteiger partial charge >= 0.3 is 0 Å². The van der Waals surface area contributed by atoms with Gasteiger partial charge in [-0.15, -0.1) is 10.2 Å². The fourth-order valence-corrected chi connectivity index (χ4v) is 1.71. The second-order valence-electron chi connectivity index (χ2n) is 4.73. The SMILES string of the molecule is CCCNc1ccc(C(=O)N(CCC#N)C(C)C)nn1. The minimum Gasteiger partial charge on any atom is -0.369 e. The number of hydrogen-bond acceptors (Lipinski definition) is 5. The molecule has 0 bridgehead atoms. The molecule has 0 saturated heterocycles. The Bertz CT molecular complexity index is 463. The minimum absolute atomic E-state index is 0.0237. The molecular weight excluding hydrogens is 254 g/mol. The molecule has 0 fully saturated rings. The van der Waals surface area contributed by atoms with Crippen molar-refractivity contribution < 1.29 is 4.79 Å². The topological polar surface area (TPSA) is 81.9 Å². The molecule has 0 atom stereocenters. The van der Waals surface area contributed by atoms with Gasteiger partial charge < -0.3 is 10.2 Å². The van der Waals surface area contributed by atoms with E-state index in [2.05, 4.69) is 28.5 Å². The van der Waals surface area contributed by atoms with E-state index >= 15 is 0 Å². The molecule has 6 nitrogen and oxygen atoms in total. The maximum atomic E-state index is 12.3. The molecule has 1 rings (SSSR count). The molecule has 0 saturated carbocycles. The summed E-state index contributed by atoms with van der Waals surface area (Å²) in [6, 6.07) is 5.49. The number of hydrogen-bond donors (Lipinski definition) is 1. The van der Waals surface area contributed by atoms with E-state index in [4.69, 9.17) is 5.26 Å². The molecule has 1 amide bonds. The number of nitrogens with zero attached hydrogens (tertiary/aromatic N) is 4. The summed E-state index contributed by atoms with van der Waals surface area (Å²) in [5.74, 6) is 0.473. The van der Waals surface area contributed by atoms with Crippen molar-refractivity contribution in [1.29, 1.82) is 5.26 Å². The summed E-state index contributed by atoms with van der Waals surface area (Å²) < 4.78 is 0. The Labute approximate surface area is 119 Å². The van der Waals surface area contributed by atoms with Gasteiger partial charge in [0.25, 0.3) is 5.91 Å². The summed E-state index contributed by atoms with van der Waals surface area (Å²) in [7, 11) is 0. The van der Waals surface area contributed by atoms with Crippen molar-refractivity contribution in [3.05, 3.63) is 17.8 Å². The van der Waals surface area contributed by atoms with Gasteiger partial charge in [0.15, 0.2) is 5.69 Å². The average Bonchev–Trinajstić information content (AvgIpc) is 2.45. The fourth-order valence-electron chi connectivity index (χ4n) is 1.71. The number of carbonyl (C=O) groups is 1. The smallest absolute Gasteiger partial charge is 0.274 e. The molecule has 108 valence electrons. The van der Waals surface area contributed by atoms with Crippen molar-refractivity contribution in [3.63, 3.8) is 0 Å². The van der Waals surface area contributed by atoms with Crippen LogP contribution in [0.3, 0.4) is 0 Å². The molecule has 1 heterocycles. The number of aromatic nitrogens is 2. The van der Waals surface area contributed by atoms with Crippen LogP contribution in [0.2, 0.25) is 0 Å².